The SMILES string of the molecule is Cc1onc(-c2ccc(C(F)(F)F)nc2)c1COc1cc2c(cn1)CN(C1CCO1)CC2. The minimum Gasteiger partial charge on any atom is -0.473 e. The third kappa shape index (κ3) is 4.07. The Morgan fingerprint density at radius 1 is 1.19 bits per heavy atom. The number of ether oxygens (including phenoxy) is 2. The minimum absolute atomic E-state index is 0.125. The fraction of sp³-hybridized carbons (Fsp3) is 0.409. The highest BCUT2D eigenvalue weighted by Gasteiger charge is 2.32. The summed E-state index contributed by atoms with van der Waals surface area (Å²) < 4.78 is 55.1. The molecule has 168 valence electrons. The van der Waals surface area contributed by atoms with Crippen molar-refractivity contribution in [2.24, 2.45) is 0 Å². The molecule has 0 saturated carbocycles. The Kier molecular flexibility index (Phi) is 5.34. The number of hydrogen-bond acceptors (Lipinski definition) is 7. The van der Waals surface area contributed by atoms with E-state index in [-0.39, 0.29) is 12.8 Å². The van der Waals surface area contributed by atoms with Crippen LogP contribution in [-0.4, -0.2) is 39.4 Å². The van der Waals surface area contributed by atoms with Crippen LogP contribution in [-0.2, 0) is 30.5 Å². The van der Waals surface area contributed by atoms with E-state index in [1.54, 1.807) is 6.92 Å². The second-order valence-electron chi connectivity index (χ2n) is 7.91. The highest BCUT2D eigenvalue weighted by molar-refractivity contribution is 5.62. The van der Waals surface area contributed by atoms with Gasteiger partial charge >= 0.3 is 6.18 Å². The van der Waals surface area contributed by atoms with Gasteiger partial charge in [0.15, 0.2) is 0 Å². The minimum atomic E-state index is -4.50. The molecule has 3 aromatic heterocycles. The van der Waals surface area contributed by atoms with E-state index < -0.39 is 11.9 Å². The van der Waals surface area contributed by atoms with Crippen molar-refractivity contribution in [3.63, 3.8) is 0 Å². The van der Waals surface area contributed by atoms with Crippen molar-refractivity contribution >= 4 is 0 Å². The maximum absolute atomic E-state index is 12.8. The molecule has 1 unspecified atom stereocenters. The first-order chi connectivity index (χ1) is 15.4. The molecule has 7 nitrogen and oxygen atoms in total. The Labute approximate surface area is 182 Å². The van der Waals surface area contributed by atoms with E-state index in [1.807, 2.05) is 12.3 Å². The lowest BCUT2D eigenvalue weighted by Crippen LogP contribution is -2.46. The molecule has 32 heavy (non-hydrogen) atoms. The van der Waals surface area contributed by atoms with E-state index >= 15 is 0 Å². The van der Waals surface area contributed by atoms with Gasteiger partial charge in [-0.25, -0.2) is 4.98 Å². The average molecular weight is 446 g/mol. The van der Waals surface area contributed by atoms with Crippen LogP contribution in [0.1, 0.15) is 34.6 Å². The molecular formula is C22H21F3N4O3. The molecule has 2 aliphatic heterocycles. The van der Waals surface area contributed by atoms with Crippen LogP contribution >= 0.6 is 0 Å². The molecule has 0 bridgehead atoms. The van der Waals surface area contributed by atoms with Crippen molar-refractivity contribution in [2.45, 2.75) is 45.3 Å². The molecule has 10 heteroatoms. The van der Waals surface area contributed by atoms with Crippen molar-refractivity contribution in [3.8, 4) is 17.1 Å². The van der Waals surface area contributed by atoms with Crippen LogP contribution in [0.15, 0.2) is 35.1 Å². The summed E-state index contributed by atoms with van der Waals surface area (Å²) in [5.74, 6) is 1.00. The van der Waals surface area contributed by atoms with Crippen molar-refractivity contribution in [3.05, 3.63) is 58.7 Å². The first kappa shape index (κ1) is 20.9. The molecule has 3 aromatic rings. The van der Waals surface area contributed by atoms with Gasteiger partial charge in [0.2, 0.25) is 5.88 Å². The molecule has 0 N–H and O–H groups in total. The molecule has 2 aliphatic rings. The second-order valence-corrected chi connectivity index (χ2v) is 7.91. The summed E-state index contributed by atoms with van der Waals surface area (Å²) in [7, 11) is 0. The molecule has 1 fully saturated rings. The lowest BCUT2D eigenvalue weighted by atomic mass is 10.0. The highest BCUT2D eigenvalue weighted by atomic mass is 19.4. The van der Waals surface area contributed by atoms with Crippen molar-refractivity contribution in [1.82, 2.24) is 20.0 Å². The van der Waals surface area contributed by atoms with Crippen LogP contribution in [0.5, 0.6) is 5.88 Å². The normalized spacial score (nSPS) is 18.8. The number of hydrogen-bond donors (Lipinski definition) is 0. The van der Waals surface area contributed by atoms with E-state index in [2.05, 4.69) is 20.0 Å². The van der Waals surface area contributed by atoms with Gasteiger partial charge in [-0.15, -0.1) is 0 Å². The van der Waals surface area contributed by atoms with E-state index in [0.29, 0.717) is 28.5 Å². The molecule has 0 aliphatic carbocycles. The zero-order valence-electron chi connectivity index (χ0n) is 17.4. The highest BCUT2D eigenvalue weighted by Crippen LogP contribution is 2.31. The Hall–Kier alpha value is -2.98. The third-order valence-electron chi connectivity index (χ3n) is 5.86. The quantitative estimate of drug-likeness (QED) is 0.583. The van der Waals surface area contributed by atoms with Crippen molar-refractivity contribution in [1.29, 1.82) is 0 Å². The topological polar surface area (TPSA) is 73.5 Å². The monoisotopic (exact) mass is 446 g/mol. The van der Waals surface area contributed by atoms with Gasteiger partial charge in [-0.2, -0.15) is 13.2 Å². The zero-order chi connectivity index (χ0) is 22.3. The van der Waals surface area contributed by atoms with Gasteiger partial charge in [0.1, 0.15) is 30.0 Å². The van der Waals surface area contributed by atoms with Gasteiger partial charge in [-0.3, -0.25) is 9.88 Å². The number of aryl methyl sites for hydroxylation is 1. The largest absolute Gasteiger partial charge is 0.473 e. The lowest BCUT2D eigenvalue weighted by molar-refractivity contribution is -0.149. The maximum atomic E-state index is 12.8. The lowest BCUT2D eigenvalue weighted by Gasteiger charge is -2.39. The standard InChI is InChI=1S/C22H21F3N4O3/c1-13-17(21(28-32-13)15-2-3-18(26-9-15)22(23,24)25)12-31-19-8-14-4-6-29(20-5-7-30-20)11-16(14)10-27-19/h2-3,8-10,20H,4-7,11-12H2,1H3. The summed E-state index contributed by atoms with van der Waals surface area (Å²) in [6, 6.07) is 4.19. The number of halogens is 3. The summed E-state index contributed by atoms with van der Waals surface area (Å²) in [5, 5.41) is 3.98. The van der Waals surface area contributed by atoms with Crippen LogP contribution in [0.25, 0.3) is 11.3 Å². The number of aromatic nitrogens is 3. The summed E-state index contributed by atoms with van der Waals surface area (Å²) in [6.07, 6.45) is 0.648. The molecule has 5 rings (SSSR count). The van der Waals surface area contributed by atoms with Crippen LogP contribution in [0.2, 0.25) is 0 Å². The molecule has 1 saturated heterocycles. The molecule has 0 aromatic carbocycles. The molecular weight excluding hydrogens is 425 g/mol. The van der Waals surface area contributed by atoms with E-state index in [1.165, 1.54) is 11.6 Å². The number of fused-ring (bicyclic) bond motifs is 1. The summed E-state index contributed by atoms with van der Waals surface area (Å²) >= 11 is 0. The van der Waals surface area contributed by atoms with Crippen molar-refractivity contribution < 1.29 is 27.2 Å². The first-order valence-electron chi connectivity index (χ1n) is 10.3. The summed E-state index contributed by atoms with van der Waals surface area (Å²) in [6.45, 7) is 4.41. The third-order valence-corrected chi connectivity index (χ3v) is 5.86. The van der Waals surface area contributed by atoms with Crippen LogP contribution in [0, 0.1) is 6.92 Å². The molecule has 0 spiro atoms. The summed E-state index contributed by atoms with van der Waals surface area (Å²) in [5.41, 5.74) is 2.86. The van der Waals surface area contributed by atoms with E-state index in [0.717, 1.165) is 50.4 Å². The summed E-state index contributed by atoms with van der Waals surface area (Å²) in [4.78, 5) is 10.2. The Bertz CT molecular complexity index is 1110. The van der Waals surface area contributed by atoms with E-state index in [9.17, 15) is 13.2 Å². The van der Waals surface area contributed by atoms with Gasteiger partial charge in [-0.1, -0.05) is 5.16 Å². The molecule has 0 radical (unpaired) electrons. The fourth-order valence-electron chi connectivity index (χ4n) is 3.91. The Morgan fingerprint density at radius 3 is 2.72 bits per heavy atom. The first-order valence-corrected chi connectivity index (χ1v) is 10.3. The van der Waals surface area contributed by atoms with Crippen LogP contribution in [0.4, 0.5) is 13.2 Å². The molecule has 5 heterocycles. The van der Waals surface area contributed by atoms with Crippen LogP contribution < -0.4 is 4.74 Å². The Balaban J connectivity index is 1.29. The van der Waals surface area contributed by atoms with Gasteiger partial charge in [0.25, 0.3) is 0 Å². The zero-order valence-corrected chi connectivity index (χ0v) is 17.4. The predicted molar refractivity (Wildman–Crippen MR) is 107 cm³/mol. The van der Waals surface area contributed by atoms with E-state index in [4.69, 9.17) is 14.0 Å². The second kappa shape index (κ2) is 8.18. The van der Waals surface area contributed by atoms with Gasteiger partial charge < -0.3 is 14.0 Å². The number of alkyl halides is 3. The smallest absolute Gasteiger partial charge is 0.433 e. The predicted octanol–water partition coefficient (Wildman–Crippen LogP) is 4.14. The Morgan fingerprint density at radius 2 is 2.03 bits per heavy atom. The number of nitrogens with zero attached hydrogens (tertiary/aromatic N) is 4. The van der Waals surface area contributed by atoms with Gasteiger partial charge in [-0.05, 0) is 36.6 Å². The van der Waals surface area contributed by atoms with Gasteiger partial charge in [0, 0.05) is 43.5 Å². The van der Waals surface area contributed by atoms with Crippen molar-refractivity contribution in [2.75, 3.05) is 13.2 Å². The number of pyridine rings is 2. The molecule has 1 atom stereocenters. The van der Waals surface area contributed by atoms with Gasteiger partial charge in [0.05, 0.1) is 12.2 Å². The van der Waals surface area contributed by atoms with Crippen LogP contribution in [0.3, 0.4) is 0 Å². The average Bonchev–Trinajstić information content (AvgIpc) is 3.11. The molecule has 0 amide bonds. The fourth-order valence-corrected chi connectivity index (χ4v) is 3.91. The number of rotatable bonds is 5. The maximum Gasteiger partial charge on any atom is 0.433 e.